The number of halogens is 4. The van der Waals surface area contributed by atoms with Gasteiger partial charge in [-0.25, -0.2) is 0 Å². The molecule has 0 bridgehead atoms. The molecule has 0 radical (unpaired) electrons. The van der Waals surface area contributed by atoms with Crippen LogP contribution < -0.4 is 15.5 Å². The summed E-state index contributed by atoms with van der Waals surface area (Å²) in [6.45, 7) is 1.41. The highest BCUT2D eigenvalue weighted by atomic mass is 35.5. The van der Waals surface area contributed by atoms with Gasteiger partial charge in [0.25, 0.3) is 11.6 Å². The third-order valence-corrected chi connectivity index (χ3v) is 5.42. The van der Waals surface area contributed by atoms with Crippen LogP contribution in [0.4, 0.5) is 30.2 Å². The number of anilines is 2. The highest BCUT2D eigenvalue weighted by Gasteiger charge is 2.31. The Morgan fingerprint density at radius 3 is 2.41 bits per heavy atom. The van der Waals surface area contributed by atoms with Crippen LogP contribution in [0.2, 0.25) is 5.02 Å². The van der Waals surface area contributed by atoms with E-state index in [9.17, 15) is 28.1 Å². The molecule has 12 heteroatoms. The molecule has 1 amide bonds. The van der Waals surface area contributed by atoms with Gasteiger partial charge >= 0.3 is 6.18 Å². The van der Waals surface area contributed by atoms with Gasteiger partial charge in [-0.1, -0.05) is 11.6 Å². The van der Waals surface area contributed by atoms with Crippen LogP contribution in [0, 0.1) is 10.1 Å². The van der Waals surface area contributed by atoms with Gasteiger partial charge in [0.2, 0.25) is 0 Å². The molecular formula is C20H18ClF3N4O3S. The number of alkyl halides is 3. The summed E-state index contributed by atoms with van der Waals surface area (Å²) in [5, 5.41) is 16.0. The highest BCUT2D eigenvalue weighted by molar-refractivity contribution is 7.80. The normalized spacial score (nSPS) is 14.1. The van der Waals surface area contributed by atoms with E-state index in [-0.39, 0.29) is 27.1 Å². The second-order valence-electron chi connectivity index (χ2n) is 7.11. The number of nitro groups is 1. The number of rotatable bonds is 4. The van der Waals surface area contributed by atoms with Gasteiger partial charge in [-0.3, -0.25) is 20.2 Å². The minimum atomic E-state index is -4.55. The second-order valence-corrected chi connectivity index (χ2v) is 7.92. The Balaban J connectivity index is 1.72. The molecule has 2 aromatic carbocycles. The van der Waals surface area contributed by atoms with E-state index in [1.807, 2.05) is 4.90 Å². The Kier molecular flexibility index (Phi) is 7.19. The molecule has 32 heavy (non-hydrogen) atoms. The number of amides is 1. The van der Waals surface area contributed by atoms with Crippen LogP contribution in [0.3, 0.4) is 0 Å². The summed E-state index contributed by atoms with van der Waals surface area (Å²) in [6.07, 6.45) is -1.61. The van der Waals surface area contributed by atoms with Crippen LogP contribution in [0.15, 0.2) is 36.4 Å². The molecule has 2 N–H and O–H groups in total. The van der Waals surface area contributed by atoms with Gasteiger partial charge in [0.15, 0.2) is 5.11 Å². The molecule has 0 atom stereocenters. The lowest BCUT2D eigenvalue weighted by molar-refractivity contribution is -0.384. The van der Waals surface area contributed by atoms with Crippen LogP contribution in [-0.4, -0.2) is 29.0 Å². The number of nitrogens with one attached hydrogen (secondary N) is 2. The fourth-order valence-electron chi connectivity index (χ4n) is 3.33. The first-order valence-electron chi connectivity index (χ1n) is 9.59. The molecule has 1 aliphatic rings. The average molecular weight is 487 g/mol. The average Bonchev–Trinajstić information content (AvgIpc) is 2.74. The van der Waals surface area contributed by atoms with Crippen LogP contribution >= 0.6 is 23.8 Å². The molecule has 0 spiro atoms. The van der Waals surface area contributed by atoms with E-state index in [1.165, 1.54) is 18.2 Å². The van der Waals surface area contributed by atoms with Crippen molar-refractivity contribution in [2.24, 2.45) is 0 Å². The first-order chi connectivity index (χ1) is 15.1. The Morgan fingerprint density at radius 1 is 1.12 bits per heavy atom. The number of benzene rings is 2. The SMILES string of the molecule is O=C(NC(=S)Nc1ccc(C(F)(F)F)cc1Cl)c1ccc(N2CCCCC2)c([N+](=O)[O-])c1. The minimum absolute atomic E-state index is 0.0140. The maximum absolute atomic E-state index is 12.7. The fourth-order valence-corrected chi connectivity index (χ4v) is 3.77. The van der Waals surface area contributed by atoms with Crippen LogP contribution in [0.5, 0.6) is 0 Å². The summed E-state index contributed by atoms with van der Waals surface area (Å²) in [4.78, 5) is 25.5. The topological polar surface area (TPSA) is 87.5 Å². The molecule has 170 valence electrons. The molecular weight excluding hydrogens is 469 g/mol. The molecule has 1 aliphatic heterocycles. The summed E-state index contributed by atoms with van der Waals surface area (Å²) in [7, 11) is 0. The zero-order valence-corrected chi connectivity index (χ0v) is 18.1. The summed E-state index contributed by atoms with van der Waals surface area (Å²) in [6, 6.07) is 6.80. The number of piperidine rings is 1. The summed E-state index contributed by atoms with van der Waals surface area (Å²) >= 11 is 10.9. The zero-order valence-electron chi connectivity index (χ0n) is 16.5. The van der Waals surface area contributed by atoms with E-state index in [1.54, 1.807) is 0 Å². The molecule has 1 heterocycles. The molecule has 0 aliphatic carbocycles. The standard InChI is InChI=1S/C20H18ClF3N4O3S/c21-14-11-13(20(22,23)24)5-6-15(14)25-19(32)26-18(29)12-4-7-16(17(10-12)28(30)31)27-8-2-1-3-9-27/h4-7,10-11H,1-3,8-9H2,(H2,25,26,29,32). The Morgan fingerprint density at radius 2 is 1.81 bits per heavy atom. The van der Waals surface area contributed by atoms with Crippen LogP contribution in [-0.2, 0) is 6.18 Å². The Bertz CT molecular complexity index is 1060. The molecule has 0 aromatic heterocycles. The number of thiocarbonyl (C=S) groups is 1. The molecule has 1 saturated heterocycles. The maximum Gasteiger partial charge on any atom is 0.416 e. The minimum Gasteiger partial charge on any atom is -0.366 e. The van der Waals surface area contributed by atoms with Gasteiger partial charge in [0.1, 0.15) is 5.69 Å². The van der Waals surface area contributed by atoms with Crippen molar-refractivity contribution in [1.29, 1.82) is 0 Å². The maximum atomic E-state index is 12.7. The number of nitro benzene ring substituents is 1. The third kappa shape index (κ3) is 5.65. The van der Waals surface area contributed by atoms with E-state index in [0.717, 1.165) is 37.5 Å². The van der Waals surface area contributed by atoms with Crippen molar-refractivity contribution >= 4 is 51.9 Å². The Hall–Kier alpha value is -2.92. The van der Waals surface area contributed by atoms with Crippen molar-refractivity contribution in [3.63, 3.8) is 0 Å². The van der Waals surface area contributed by atoms with Crippen LogP contribution in [0.1, 0.15) is 35.2 Å². The number of carbonyl (C=O) groups excluding carboxylic acids is 1. The van der Waals surface area contributed by atoms with Gasteiger partial charge in [0.05, 0.1) is 21.2 Å². The predicted molar refractivity (Wildman–Crippen MR) is 119 cm³/mol. The van der Waals surface area contributed by atoms with Gasteiger partial charge in [-0.05, 0) is 61.8 Å². The van der Waals surface area contributed by atoms with Crippen molar-refractivity contribution < 1.29 is 22.9 Å². The molecule has 0 saturated carbocycles. The monoisotopic (exact) mass is 486 g/mol. The van der Waals surface area contributed by atoms with Gasteiger partial charge in [-0.15, -0.1) is 0 Å². The number of carbonyl (C=O) groups is 1. The van der Waals surface area contributed by atoms with Gasteiger partial charge < -0.3 is 10.2 Å². The second kappa shape index (κ2) is 9.70. The first kappa shape index (κ1) is 23.7. The Labute approximate surface area is 191 Å². The van der Waals surface area contributed by atoms with Crippen molar-refractivity contribution in [2.75, 3.05) is 23.3 Å². The molecule has 0 unspecified atom stereocenters. The van der Waals surface area contributed by atoms with Crippen molar-refractivity contribution in [2.45, 2.75) is 25.4 Å². The lowest BCUT2D eigenvalue weighted by Gasteiger charge is -2.28. The third-order valence-electron chi connectivity index (χ3n) is 4.90. The highest BCUT2D eigenvalue weighted by Crippen LogP contribution is 2.34. The largest absolute Gasteiger partial charge is 0.416 e. The van der Waals surface area contributed by atoms with E-state index >= 15 is 0 Å². The van der Waals surface area contributed by atoms with Crippen molar-refractivity contribution in [3.05, 3.63) is 62.7 Å². The first-order valence-corrected chi connectivity index (χ1v) is 10.4. The molecule has 3 rings (SSSR count). The van der Waals surface area contributed by atoms with E-state index in [0.29, 0.717) is 18.8 Å². The number of hydrogen-bond acceptors (Lipinski definition) is 5. The van der Waals surface area contributed by atoms with Crippen molar-refractivity contribution in [1.82, 2.24) is 5.32 Å². The predicted octanol–water partition coefficient (Wildman–Crippen LogP) is 5.38. The van der Waals surface area contributed by atoms with Crippen molar-refractivity contribution in [3.8, 4) is 0 Å². The lowest BCUT2D eigenvalue weighted by atomic mass is 10.1. The van der Waals surface area contributed by atoms with Gasteiger partial charge in [-0.2, -0.15) is 13.2 Å². The van der Waals surface area contributed by atoms with E-state index in [2.05, 4.69) is 10.6 Å². The fraction of sp³-hybridized carbons (Fsp3) is 0.300. The molecule has 2 aromatic rings. The van der Waals surface area contributed by atoms with E-state index in [4.69, 9.17) is 23.8 Å². The van der Waals surface area contributed by atoms with Crippen LogP contribution in [0.25, 0.3) is 0 Å². The zero-order chi connectivity index (χ0) is 23.5. The summed E-state index contributed by atoms with van der Waals surface area (Å²) in [5.74, 6) is -0.709. The smallest absolute Gasteiger partial charge is 0.366 e. The number of hydrogen-bond donors (Lipinski definition) is 2. The molecule has 1 fully saturated rings. The molecule has 7 nitrogen and oxygen atoms in total. The quantitative estimate of drug-likeness (QED) is 0.342. The van der Waals surface area contributed by atoms with Gasteiger partial charge in [0, 0.05) is 24.7 Å². The summed E-state index contributed by atoms with van der Waals surface area (Å²) in [5.41, 5.74) is -0.590. The van der Waals surface area contributed by atoms with E-state index < -0.39 is 22.6 Å². The lowest BCUT2D eigenvalue weighted by Crippen LogP contribution is -2.34. The summed E-state index contributed by atoms with van der Waals surface area (Å²) < 4.78 is 38.2. The number of nitrogens with zero attached hydrogens (tertiary/aromatic N) is 2.